The molecule has 1 aliphatic rings. The third-order valence-corrected chi connectivity index (χ3v) is 3.70. The van der Waals surface area contributed by atoms with E-state index in [1.165, 1.54) is 5.56 Å². The zero-order valence-corrected chi connectivity index (χ0v) is 7.73. The maximum absolute atomic E-state index is 11.7. The normalized spacial score (nSPS) is 25.8. The van der Waals surface area contributed by atoms with Crippen LogP contribution in [0.4, 0.5) is 0 Å². The Balaban J connectivity index is 2.78. The predicted molar refractivity (Wildman–Crippen MR) is 53.7 cm³/mol. The highest BCUT2D eigenvalue weighted by atomic mass is 32.2. The van der Waals surface area contributed by atoms with Gasteiger partial charge in [0, 0.05) is 14.4 Å². The third kappa shape index (κ3) is 0.994. The minimum absolute atomic E-state index is 0.869. The van der Waals surface area contributed by atoms with E-state index in [1.54, 1.807) is 5.41 Å². The summed E-state index contributed by atoms with van der Waals surface area (Å²) < 4.78 is 11.7. The van der Waals surface area contributed by atoms with Gasteiger partial charge in [-0.3, -0.25) is 4.21 Å². The van der Waals surface area contributed by atoms with Gasteiger partial charge in [0.25, 0.3) is 0 Å². The third-order valence-electron chi connectivity index (χ3n) is 2.00. The number of rotatable bonds is 0. The van der Waals surface area contributed by atoms with Crippen LogP contribution in [0.3, 0.4) is 0 Å². The van der Waals surface area contributed by atoms with E-state index in [9.17, 15) is 4.21 Å². The predicted octanol–water partition coefficient (Wildman–Crippen LogP) is 2.05. The SMILES string of the molecule is C=S1(=O)C=Cc2cc(C)ccc21. The molecule has 1 atom stereocenters. The van der Waals surface area contributed by atoms with Crippen molar-refractivity contribution in [1.82, 2.24) is 0 Å². The molecule has 0 aliphatic carbocycles. The summed E-state index contributed by atoms with van der Waals surface area (Å²) in [6.07, 6.45) is 1.89. The van der Waals surface area contributed by atoms with Crippen LogP contribution in [0.2, 0.25) is 0 Å². The number of fused-ring (bicyclic) bond motifs is 1. The van der Waals surface area contributed by atoms with E-state index in [0.29, 0.717) is 0 Å². The summed E-state index contributed by atoms with van der Waals surface area (Å²) >= 11 is 0. The molecule has 62 valence electrons. The molecule has 1 aromatic carbocycles. The van der Waals surface area contributed by atoms with Crippen molar-refractivity contribution in [2.24, 2.45) is 0 Å². The number of benzene rings is 1. The van der Waals surface area contributed by atoms with Crippen LogP contribution in [0.1, 0.15) is 11.1 Å². The fraction of sp³-hybridized carbons (Fsp3) is 0.100. The van der Waals surface area contributed by atoms with Crippen molar-refractivity contribution >= 4 is 21.5 Å². The van der Waals surface area contributed by atoms with Crippen LogP contribution < -0.4 is 0 Å². The van der Waals surface area contributed by atoms with Gasteiger partial charge in [-0.25, -0.2) is 0 Å². The van der Waals surface area contributed by atoms with Gasteiger partial charge in [0.2, 0.25) is 0 Å². The van der Waals surface area contributed by atoms with E-state index >= 15 is 0 Å². The Hall–Kier alpha value is -1.02. The highest BCUT2D eigenvalue weighted by Gasteiger charge is 2.13. The van der Waals surface area contributed by atoms with Crippen LogP contribution >= 0.6 is 0 Å². The van der Waals surface area contributed by atoms with Gasteiger partial charge in [-0.2, -0.15) is 0 Å². The molecule has 0 fully saturated rings. The molecular formula is C10H10OS. The highest BCUT2D eigenvalue weighted by Crippen LogP contribution is 2.26. The smallest absolute Gasteiger partial charge is 0.0417 e. The van der Waals surface area contributed by atoms with Crippen molar-refractivity contribution in [3.63, 3.8) is 0 Å². The fourth-order valence-electron chi connectivity index (χ4n) is 1.37. The number of hydrogen-bond donors (Lipinski definition) is 0. The van der Waals surface area contributed by atoms with Gasteiger partial charge < -0.3 is 0 Å². The first-order chi connectivity index (χ1) is 5.59. The lowest BCUT2D eigenvalue weighted by molar-refractivity contribution is 0.687. The van der Waals surface area contributed by atoms with Crippen molar-refractivity contribution in [3.05, 3.63) is 34.7 Å². The molecule has 1 aliphatic heterocycles. The number of aryl methyl sites for hydroxylation is 1. The standard InChI is InChI=1S/C10H10OS/c1-8-3-4-10-9(7-8)5-6-12(10,2)11/h3-7H,2H2,1H3. The van der Waals surface area contributed by atoms with E-state index in [1.807, 2.05) is 31.2 Å². The second-order valence-electron chi connectivity index (χ2n) is 3.07. The first-order valence-electron chi connectivity index (χ1n) is 3.76. The molecule has 0 amide bonds. The molecule has 0 saturated heterocycles. The molecule has 0 N–H and O–H groups in total. The molecule has 1 unspecified atom stereocenters. The molecule has 0 radical (unpaired) electrons. The van der Waals surface area contributed by atoms with E-state index in [4.69, 9.17) is 0 Å². The summed E-state index contributed by atoms with van der Waals surface area (Å²) in [7, 11) is -2.10. The van der Waals surface area contributed by atoms with E-state index in [-0.39, 0.29) is 0 Å². The molecule has 2 rings (SSSR count). The minimum atomic E-state index is -2.10. The first-order valence-corrected chi connectivity index (χ1v) is 5.55. The summed E-state index contributed by atoms with van der Waals surface area (Å²) in [6, 6.07) is 5.90. The van der Waals surface area contributed by atoms with Gasteiger partial charge in [0.05, 0.1) is 0 Å². The van der Waals surface area contributed by atoms with Crippen LogP contribution in [0.5, 0.6) is 0 Å². The Kier molecular flexibility index (Phi) is 1.42. The Bertz CT molecular complexity index is 453. The molecule has 0 aromatic heterocycles. The minimum Gasteiger partial charge on any atom is -0.259 e. The largest absolute Gasteiger partial charge is 0.259 e. The molecule has 2 heteroatoms. The average molecular weight is 178 g/mol. The second-order valence-corrected chi connectivity index (χ2v) is 5.23. The van der Waals surface area contributed by atoms with Gasteiger partial charge in [-0.1, -0.05) is 17.7 Å². The first kappa shape index (κ1) is 7.62. The summed E-state index contributed by atoms with van der Waals surface area (Å²) in [6.45, 7) is 2.03. The van der Waals surface area contributed by atoms with Gasteiger partial charge in [-0.15, -0.1) is 0 Å². The summed E-state index contributed by atoms with van der Waals surface area (Å²) in [5.74, 6) is 3.68. The quantitative estimate of drug-likeness (QED) is 0.556. The Morgan fingerprint density at radius 3 is 2.92 bits per heavy atom. The molecule has 1 aromatic rings. The summed E-state index contributed by atoms with van der Waals surface area (Å²) in [5, 5.41) is 1.69. The zero-order chi connectivity index (χ0) is 8.77. The fourth-order valence-corrected chi connectivity index (χ4v) is 2.71. The molecule has 12 heavy (non-hydrogen) atoms. The van der Waals surface area contributed by atoms with Gasteiger partial charge in [-0.05, 0) is 35.9 Å². The monoisotopic (exact) mass is 178 g/mol. The van der Waals surface area contributed by atoms with E-state index in [0.717, 1.165) is 10.5 Å². The molecule has 1 nitrogen and oxygen atoms in total. The van der Waals surface area contributed by atoms with Gasteiger partial charge >= 0.3 is 0 Å². The lowest BCUT2D eigenvalue weighted by Gasteiger charge is -2.01. The molecule has 0 bridgehead atoms. The maximum Gasteiger partial charge on any atom is 0.0417 e. The van der Waals surface area contributed by atoms with Crippen LogP contribution in [-0.2, 0) is 9.52 Å². The van der Waals surface area contributed by atoms with Gasteiger partial charge in [0.1, 0.15) is 0 Å². The van der Waals surface area contributed by atoms with E-state index < -0.39 is 9.52 Å². The molecule has 0 spiro atoms. The Morgan fingerprint density at radius 2 is 2.17 bits per heavy atom. The molecular weight excluding hydrogens is 168 g/mol. The summed E-state index contributed by atoms with van der Waals surface area (Å²) in [4.78, 5) is 0.869. The van der Waals surface area contributed by atoms with Crippen molar-refractivity contribution in [2.75, 3.05) is 0 Å². The highest BCUT2D eigenvalue weighted by molar-refractivity contribution is 8.03. The average Bonchev–Trinajstić information content (AvgIpc) is 2.27. The molecule has 0 saturated carbocycles. The van der Waals surface area contributed by atoms with Crippen LogP contribution in [0, 0.1) is 6.92 Å². The van der Waals surface area contributed by atoms with Crippen molar-refractivity contribution < 1.29 is 4.21 Å². The molecule has 1 heterocycles. The lowest BCUT2D eigenvalue weighted by atomic mass is 10.1. The van der Waals surface area contributed by atoms with Gasteiger partial charge in [0.15, 0.2) is 0 Å². The summed E-state index contributed by atoms with van der Waals surface area (Å²) in [5.41, 5.74) is 2.24. The number of hydrogen-bond acceptors (Lipinski definition) is 1. The van der Waals surface area contributed by atoms with E-state index in [2.05, 4.69) is 5.87 Å². The zero-order valence-electron chi connectivity index (χ0n) is 6.91. The Labute approximate surface area is 72.7 Å². The van der Waals surface area contributed by atoms with Crippen LogP contribution in [0.25, 0.3) is 6.08 Å². The lowest BCUT2D eigenvalue weighted by Crippen LogP contribution is -1.92. The van der Waals surface area contributed by atoms with Crippen molar-refractivity contribution in [1.29, 1.82) is 0 Å². The van der Waals surface area contributed by atoms with Crippen molar-refractivity contribution in [3.8, 4) is 0 Å². The van der Waals surface area contributed by atoms with Crippen LogP contribution in [-0.4, -0.2) is 10.1 Å². The van der Waals surface area contributed by atoms with Crippen molar-refractivity contribution in [2.45, 2.75) is 11.8 Å². The van der Waals surface area contributed by atoms with Crippen LogP contribution in [0.15, 0.2) is 28.5 Å². The second kappa shape index (κ2) is 2.23. The Morgan fingerprint density at radius 1 is 1.42 bits per heavy atom. The maximum atomic E-state index is 11.7. The topological polar surface area (TPSA) is 17.1 Å².